The predicted octanol–water partition coefficient (Wildman–Crippen LogP) is 2.71. The van der Waals surface area contributed by atoms with Crippen molar-refractivity contribution in [3.05, 3.63) is 47.2 Å². The zero-order valence-corrected chi connectivity index (χ0v) is 10.1. The minimum absolute atomic E-state index is 0.0114. The Morgan fingerprint density at radius 1 is 1.32 bits per heavy atom. The second kappa shape index (κ2) is 4.95. The van der Waals surface area contributed by atoms with Gasteiger partial charge in [0.25, 0.3) is 0 Å². The van der Waals surface area contributed by atoms with Gasteiger partial charge in [0.05, 0.1) is 11.6 Å². The Hall–Kier alpha value is -1.98. The summed E-state index contributed by atoms with van der Waals surface area (Å²) < 4.78 is 42.7. The number of allylic oxidation sites excluding steroid dienone is 1. The Labute approximate surface area is 108 Å². The van der Waals surface area contributed by atoms with Crippen molar-refractivity contribution in [2.24, 2.45) is 0 Å². The summed E-state index contributed by atoms with van der Waals surface area (Å²) >= 11 is 0. The van der Waals surface area contributed by atoms with Crippen molar-refractivity contribution in [2.45, 2.75) is 19.1 Å². The number of esters is 1. The summed E-state index contributed by atoms with van der Waals surface area (Å²) in [5.74, 6) is -0.970. The van der Waals surface area contributed by atoms with Gasteiger partial charge < -0.3 is 10.1 Å². The molecule has 6 heteroatoms. The van der Waals surface area contributed by atoms with E-state index in [4.69, 9.17) is 4.74 Å². The van der Waals surface area contributed by atoms with Crippen molar-refractivity contribution in [3.8, 4) is 0 Å². The third-order valence-corrected chi connectivity index (χ3v) is 2.91. The van der Waals surface area contributed by atoms with Crippen LogP contribution in [0.5, 0.6) is 0 Å². The van der Waals surface area contributed by atoms with Gasteiger partial charge in [0.1, 0.15) is 12.3 Å². The van der Waals surface area contributed by atoms with Gasteiger partial charge >= 0.3 is 12.1 Å². The number of cyclic esters (lactones) is 1. The predicted molar refractivity (Wildman–Crippen MR) is 62.0 cm³/mol. The Morgan fingerprint density at radius 3 is 2.53 bits per heavy atom. The Bertz CT molecular complexity index is 508. The van der Waals surface area contributed by atoms with Gasteiger partial charge in [-0.3, -0.25) is 0 Å². The first kappa shape index (κ1) is 13.5. The number of morpholine rings is 1. The van der Waals surface area contributed by atoms with Crippen LogP contribution in [0.2, 0.25) is 0 Å². The third kappa shape index (κ3) is 2.89. The van der Waals surface area contributed by atoms with E-state index in [9.17, 15) is 18.0 Å². The molecule has 0 saturated carbocycles. The summed E-state index contributed by atoms with van der Waals surface area (Å²) in [7, 11) is 0. The quantitative estimate of drug-likeness (QED) is 0.630. The molecule has 1 aromatic carbocycles. The zero-order chi connectivity index (χ0) is 14.0. The molecular weight excluding hydrogens is 259 g/mol. The minimum atomic E-state index is -4.56. The number of alkyl halides is 3. The average Bonchev–Trinajstić information content (AvgIpc) is 2.38. The molecule has 1 aliphatic heterocycles. The first-order valence-electron chi connectivity index (χ1n) is 5.66. The number of carbonyl (C=O) groups is 1. The van der Waals surface area contributed by atoms with E-state index in [-0.39, 0.29) is 6.61 Å². The largest absolute Gasteiger partial charge is 0.458 e. The van der Waals surface area contributed by atoms with Crippen LogP contribution in [0.4, 0.5) is 13.2 Å². The van der Waals surface area contributed by atoms with Gasteiger partial charge in [0.15, 0.2) is 0 Å². The number of rotatable bonds is 1. The summed E-state index contributed by atoms with van der Waals surface area (Å²) in [5.41, 5.74) is -0.729. The van der Waals surface area contributed by atoms with Crippen LogP contribution >= 0.6 is 0 Å². The van der Waals surface area contributed by atoms with Crippen molar-refractivity contribution in [2.75, 3.05) is 6.61 Å². The van der Waals surface area contributed by atoms with Crippen LogP contribution in [0.25, 0.3) is 0 Å². The molecule has 0 aromatic heterocycles. The SMILES string of the molecule is C/C(=C1/N[C@H](c2ccccc2)COC1=O)C(F)(F)F. The molecule has 1 aliphatic rings. The van der Waals surface area contributed by atoms with Crippen molar-refractivity contribution < 1.29 is 22.7 Å². The maximum Gasteiger partial charge on any atom is 0.414 e. The van der Waals surface area contributed by atoms with E-state index in [0.717, 1.165) is 12.5 Å². The first-order chi connectivity index (χ1) is 8.89. The summed E-state index contributed by atoms with van der Waals surface area (Å²) in [6, 6.07) is 8.40. The molecule has 0 aliphatic carbocycles. The van der Waals surface area contributed by atoms with Crippen LogP contribution < -0.4 is 5.32 Å². The summed E-state index contributed by atoms with van der Waals surface area (Å²) in [6.45, 7) is 0.869. The van der Waals surface area contributed by atoms with E-state index >= 15 is 0 Å². The topological polar surface area (TPSA) is 38.3 Å². The van der Waals surface area contributed by atoms with Gasteiger partial charge in [0.2, 0.25) is 0 Å². The van der Waals surface area contributed by atoms with Crippen molar-refractivity contribution in [1.29, 1.82) is 0 Å². The van der Waals surface area contributed by atoms with Gasteiger partial charge in [-0.25, -0.2) is 4.79 Å². The van der Waals surface area contributed by atoms with Gasteiger partial charge in [-0.1, -0.05) is 30.3 Å². The van der Waals surface area contributed by atoms with Gasteiger partial charge in [-0.15, -0.1) is 0 Å². The number of benzene rings is 1. The fourth-order valence-corrected chi connectivity index (χ4v) is 1.77. The van der Waals surface area contributed by atoms with Crippen LogP contribution in [0.15, 0.2) is 41.6 Å². The number of hydrogen-bond acceptors (Lipinski definition) is 3. The molecule has 1 saturated heterocycles. The van der Waals surface area contributed by atoms with Crippen molar-refractivity contribution >= 4 is 5.97 Å². The molecule has 1 heterocycles. The molecule has 19 heavy (non-hydrogen) atoms. The van der Waals surface area contributed by atoms with Crippen LogP contribution in [-0.2, 0) is 9.53 Å². The van der Waals surface area contributed by atoms with Gasteiger partial charge in [0, 0.05) is 0 Å². The molecule has 0 amide bonds. The Kier molecular flexibility index (Phi) is 3.50. The van der Waals surface area contributed by atoms with E-state index in [1.165, 1.54) is 0 Å². The number of nitrogens with one attached hydrogen (secondary N) is 1. The number of carbonyl (C=O) groups excluding carboxylic acids is 1. The molecule has 0 spiro atoms. The summed E-state index contributed by atoms with van der Waals surface area (Å²) in [6.07, 6.45) is -4.56. The third-order valence-electron chi connectivity index (χ3n) is 2.91. The monoisotopic (exact) mass is 271 g/mol. The maximum atomic E-state index is 12.6. The van der Waals surface area contributed by atoms with E-state index in [1.807, 2.05) is 0 Å². The van der Waals surface area contributed by atoms with Crippen molar-refractivity contribution in [3.63, 3.8) is 0 Å². The van der Waals surface area contributed by atoms with Gasteiger partial charge in [-0.05, 0) is 12.5 Å². The van der Waals surface area contributed by atoms with Crippen LogP contribution in [0.1, 0.15) is 18.5 Å². The second-order valence-electron chi connectivity index (χ2n) is 4.20. The fourth-order valence-electron chi connectivity index (χ4n) is 1.77. The lowest BCUT2D eigenvalue weighted by atomic mass is 10.1. The molecule has 3 nitrogen and oxygen atoms in total. The standard InChI is InChI=1S/C13H12F3NO2/c1-8(13(14,15)16)11-12(18)19-7-10(17-11)9-5-3-2-4-6-9/h2-6,10,17H,7H2,1H3/b11-8-/t10-/m0/s1. The highest BCUT2D eigenvalue weighted by atomic mass is 19.4. The normalized spacial score (nSPS) is 22.5. The molecule has 2 rings (SSSR count). The molecule has 1 N–H and O–H groups in total. The lowest BCUT2D eigenvalue weighted by molar-refractivity contribution is -0.144. The second-order valence-corrected chi connectivity index (χ2v) is 4.20. The highest BCUT2D eigenvalue weighted by Gasteiger charge is 2.38. The minimum Gasteiger partial charge on any atom is -0.458 e. The Balaban J connectivity index is 2.29. The van der Waals surface area contributed by atoms with Crippen molar-refractivity contribution in [1.82, 2.24) is 5.32 Å². The molecule has 0 bridgehead atoms. The number of hydrogen-bond donors (Lipinski definition) is 1. The first-order valence-corrected chi connectivity index (χ1v) is 5.66. The Morgan fingerprint density at radius 2 is 1.95 bits per heavy atom. The molecule has 1 fully saturated rings. The number of ether oxygens (including phenoxy) is 1. The fraction of sp³-hybridized carbons (Fsp3) is 0.308. The maximum absolute atomic E-state index is 12.6. The highest BCUT2D eigenvalue weighted by molar-refractivity contribution is 5.89. The molecule has 0 unspecified atom stereocenters. The zero-order valence-electron chi connectivity index (χ0n) is 10.1. The average molecular weight is 271 g/mol. The van der Waals surface area contributed by atoms with Crippen LogP contribution in [0.3, 0.4) is 0 Å². The summed E-state index contributed by atoms with van der Waals surface area (Å²) in [5, 5.41) is 2.61. The molecule has 1 atom stereocenters. The van der Waals surface area contributed by atoms with E-state index in [1.54, 1.807) is 30.3 Å². The number of halogens is 3. The van der Waals surface area contributed by atoms with E-state index in [0.29, 0.717) is 0 Å². The smallest absolute Gasteiger partial charge is 0.414 e. The lowest BCUT2D eigenvalue weighted by Gasteiger charge is -2.28. The van der Waals surface area contributed by atoms with Crippen LogP contribution in [-0.4, -0.2) is 18.8 Å². The molecule has 0 radical (unpaired) electrons. The lowest BCUT2D eigenvalue weighted by Crippen LogP contribution is -2.38. The molecule has 102 valence electrons. The van der Waals surface area contributed by atoms with E-state index < -0.39 is 29.5 Å². The summed E-state index contributed by atoms with van der Waals surface area (Å²) in [4.78, 5) is 11.4. The highest BCUT2D eigenvalue weighted by Crippen LogP contribution is 2.30. The molecule has 1 aromatic rings. The van der Waals surface area contributed by atoms with Crippen LogP contribution in [0, 0.1) is 0 Å². The molecular formula is C13H12F3NO2. The van der Waals surface area contributed by atoms with Gasteiger partial charge in [-0.2, -0.15) is 13.2 Å². The van der Waals surface area contributed by atoms with E-state index in [2.05, 4.69) is 5.32 Å².